The van der Waals surface area contributed by atoms with Gasteiger partial charge in [0.05, 0.1) is 11.3 Å². The van der Waals surface area contributed by atoms with E-state index in [0.717, 1.165) is 23.2 Å². The molecule has 0 amide bonds. The minimum absolute atomic E-state index is 0.219. The molecule has 0 atom stereocenters. The maximum absolute atomic E-state index is 13.0. The predicted molar refractivity (Wildman–Crippen MR) is 79.5 cm³/mol. The fourth-order valence-electron chi connectivity index (χ4n) is 2.03. The molecule has 2 aromatic carbocycles. The van der Waals surface area contributed by atoms with E-state index < -0.39 is 0 Å². The van der Waals surface area contributed by atoms with Crippen molar-refractivity contribution in [1.82, 2.24) is 0 Å². The van der Waals surface area contributed by atoms with Crippen LogP contribution < -0.4 is 5.32 Å². The van der Waals surface area contributed by atoms with Gasteiger partial charge in [-0.3, -0.25) is 0 Å². The molecule has 102 valence electrons. The molecule has 0 aliphatic carbocycles. The molecule has 2 nitrogen and oxygen atoms in total. The second-order valence-electron chi connectivity index (χ2n) is 4.55. The Morgan fingerprint density at radius 1 is 1.25 bits per heavy atom. The fourth-order valence-corrected chi connectivity index (χ4v) is 2.21. The van der Waals surface area contributed by atoms with Crippen LogP contribution in [-0.4, -0.2) is 6.54 Å². The molecule has 0 aromatic heterocycles. The summed E-state index contributed by atoms with van der Waals surface area (Å²) >= 11 is 5.85. The zero-order valence-electron chi connectivity index (χ0n) is 11.1. The largest absolute Gasteiger partial charge is 0.384 e. The van der Waals surface area contributed by atoms with Crippen LogP contribution in [0, 0.1) is 24.1 Å². The van der Waals surface area contributed by atoms with Crippen molar-refractivity contribution in [3.05, 3.63) is 63.9 Å². The SMILES string of the molecule is Cc1cc(F)ccc1CCNc1ccc(Cl)cc1C#N. The lowest BCUT2D eigenvalue weighted by molar-refractivity contribution is 0.625. The maximum atomic E-state index is 13.0. The first-order chi connectivity index (χ1) is 9.60. The topological polar surface area (TPSA) is 35.8 Å². The van der Waals surface area contributed by atoms with Gasteiger partial charge in [-0.15, -0.1) is 0 Å². The zero-order chi connectivity index (χ0) is 14.5. The third kappa shape index (κ3) is 3.49. The van der Waals surface area contributed by atoms with Crippen molar-refractivity contribution in [2.75, 3.05) is 11.9 Å². The van der Waals surface area contributed by atoms with Crippen LogP contribution >= 0.6 is 11.6 Å². The van der Waals surface area contributed by atoms with Crippen molar-refractivity contribution in [2.24, 2.45) is 0 Å². The van der Waals surface area contributed by atoms with E-state index >= 15 is 0 Å². The molecule has 0 unspecified atom stereocenters. The Balaban J connectivity index is 2.01. The Bertz CT molecular complexity index is 662. The number of nitrogens with zero attached hydrogens (tertiary/aromatic N) is 1. The van der Waals surface area contributed by atoms with Gasteiger partial charge < -0.3 is 5.32 Å². The second-order valence-corrected chi connectivity index (χ2v) is 4.99. The first-order valence-electron chi connectivity index (χ1n) is 6.28. The molecule has 0 fully saturated rings. The van der Waals surface area contributed by atoms with Crippen LogP contribution in [0.15, 0.2) is 36.4 Å². The smallest absolute Gasteiger partial charge is 0.123 e. The lowest BCUT2D eigenvalue weighted by Gasteiger charge is -2.10. The third-order valence-corrected chi connectivity index (χ3v) is 3.35. The number of rotatable bonds is 4. The normalized spacial score (nSPS) is 10.1. The molecule has 1 N–H and O–H groups in total. The van der Waals surface area contributed by atoms with Crippen LogP contribution in [0.4, 0.5) is 10.1 Å². The average molecular weight is 289 g/mol. The number of nitriles is 1. The highest BCUT2D eigenvalue weighted by Crippen LogP contribution is 2.20. The monoisotopic (exact) mass is 288 g/mol. The quantitative estimate of drug-likeness (QED) is 0.910. The number of halogens is 2. The second kappa shape index (κ2) is 6.40. The molecule has 0 saturated carbocycles. The van der Waals surface area contributed by atoms with Gasteiger partial charge in [0.1, 0.15) is 11.9 Å². The molecule has 4 heteroatoms. The summed E-state index contributed by atoms with van der Waals surface area (Å²) in [5.41, 5.74) is 3.31. The van der Waals surface area contributed by atoms with Gasteiger partial charge >= 0.3 is 0 Å². The number of nitrogens with one attached hydrogen (secondary N) is 1. The molecular formula is C16H14ClFN2. The third-order valence-electron chi connectivity index (χ3n) is 3.12. The standard InChI is InChI=1S/C16H14ClFN2/c1-11-8-15(18)4-2-12(11)6-7-20-16-5-3-14(17)9-13(16)10-19/h2-5,8-9,20H,6-7H2,1H3. The van der Waals surface area contributed by atoms with Gasteiger partial charge in [0.2, 0.25) is 0 Å². The Kier molecular flexibility index (Phi) is 4.60. The number of benzene rings is 2. The molecule has 0 radical (unpaired) electrons. The molecular weight excluding hydrogens is 275 g/mol. The summed E-state index contributed by atoms with van der Waals surface area (Å²) in [6.07, 6.45) is 0.764. The van der Waals surface area contributed by atoms with Gasteiger partial charge in [0.25, 0.3) is 0 Å². The number of hydrogen-bond donors (Lipinski definition) is 1. The number of aryl methyl sites for hydroxylation is 1. The number of hydrogen-bond acceptors (Lipinski definition) is 2. The van der Waals surface area contributed by atoms with E-state index in [-0.39, 0.29) is 5.82 Å². The Labute approximate surface area is 122 Å². The summed E-state index contributed by atoms with van der Waals surface area (Å²) in [7, 11) is 0. The maximum Gasteiger partial charge on any atom is 0.123 e. The minimum Gasteiger partial charge on any atom is -0.384 e. The van der Waals surface area contributed by atoms with Gasteiger partial charge in [-0.05, 0) is 54.8 Å². The highest BCUT2D eigenvalue weighted by Gasteiger charge is 2.04. The van der Waals surface area contributed by atoms with Crippen molar-refractivity contribution >= 4 is 17.3 Å². The van der Waals surface area contributed by atoms with E-state index in [1.54, 1.807) is 24.3 Å². The Morgan fingerprint density at radius 3 is 2.75 bits per heavy atom. The van der Waals surface area contributed by atoms with Crippen molar-refractivity contribution in [3.63, 3.8) is 0 Å². The summed E-state index contributed by atoms with van der Waals surface area (Å²) in [4.78, 5) is 0. The highest BCUT2D eigenvalue weighted by atomic mass is 35.5. The van der Waals surface area contributed by atoms with E-state index in [9.17, 15) is 4.39 Å². The van der Waals surface area contributed by atoms with Crippen molar-refractivity contribution in [2.45, 2.75) is 13.3 Å². The fraction of sp³-hybridized carbons (Fsp3) is 0.188. The van der Waals surface area contributed by atoms with E-state index in [4.69, 9.17) is 16.9 Å². The molecule has 0 aliphatic heterocycles. The van der Waals surface area contributed by atoms with Gasteiger partial charge in [-0.25, -0.2) is 4.39 Å². The first kappa shape index (κ1) is 14.4. The average Bonchev–Trinajstić information content (AvgIpc) is 2.42. The van der Waals surface area contributed by atoms with Crippen molar-refractivity contribution < 1.29 is 4.39 Å². The van der Waals surface area contributed by atoms with Gasteiger partial charge in [-0.2, -0.15) is 5.26 Å². The van der Waals surface area contributed by atoms with Crippen LogP contribution in [0.1, 0.15) is 16.7 Å². The van der Waals surface area contributed by atoms with E-state index in [1.807, 2.05) is 6.92 Å². The molecule has 0 aliphatic rings. The molecule has 20 heavy (non-hydrogen) atoms. The summed E-state index contributed by atoms with van der Waals surface area (Å²) in [5.74, 6) is -0.219. The lowest BCUT2D eigenvalue weighted by atomic mass is 10.1. The van der Waals surface area contributed by atoms with Gasteiger partial charge in [0, 0.05) is 11.6 Å². The van der Waals surface area contributed by atoms with Crippen molar-refractivity contribution in [3.8, 4) is 6.07 Å². The lowest BCUT2D eigenvalue weighted by Crippen LogP contribution is -2.07. The molecule has 0 bridgehead atoms. The molecule has 0 heterocycles. The summed E-state index contributed by atoms with van der Waals surface area (Å²) in [6, 6.07) is 12.1. The van der Waals surface area contributed by atoms with Gasteiger partial charge in [-0.1, -0.05) is 17.7 Å². The summed E-state index contributed by atoms with van der Waals surface area (Å²) in [5, 5.41) is 12.8. The van der Waals surface area contributed by atoms with E-state index in [0.29, 0.717) is 17.1 Å². The van der Waals surface area contributed by atoms with Gasteiger partial charge in [0.15, 0.2) is 0 Å². The number of anilines is 1. The summed E-state index contributed by atoms with van der Waals surface area (Å²) < 4.78 is 13.0. The molecule has 0 spiro atoms. The van der Waals surface area contributed by atoms with Crippen LogP contribution in [0.25, 0.3) is 0 Å². The Morgan fingerprint density at radius 2 is 2.05 bits per heavy atom. The summed E-state index contributed by atoms with van der Waals surface area (Å²) in [6.45, 7) is 2.56. The predicted octanol–water partition coefficient (Wildman–Crippen LogP) is 4.31. The molecule has 2 rings (SSSR count). The molecule has 2 aromatic rings. The van der Waals surface area contributed by atoms with E-state index in [2.05, 4.69) is 11.4 Å². The van der Waals surface area contributed by atoms with Crippen LogP contribution in [-0.2, 0) is 6.42 Å². The highest BCUT2D eigenvalue weighted by molar-refractivity contribution is 6.30. The van der Waals surface area contributed by atoms with E-state index in [1.165, 1.54) is 12.1 Å². The zero-order valence-corrected chi connectivity index (χ0v) is 11.8. The molecule has 0 saturated heterocycles. The van der Waals surface area contributed by atoms with Crippen LogP contribution in [0.2, 0.25) is 5.02 Å². The van der Waals surface area contributed by atoms with Crippen molar-refractivity contribution in [1.29, 1.82) is 5.26 Å². The van der Waals surface area contributed by atoms with Crippen LogP contribution in [0.5, 0.6) is 0 Å². The van der Waals surface area contributed by atoms with Crippen LogP contribution in [0.3, 0.4) is 0 Å². The first-order valence-corrected chi connectivity index (χ1v) is 6.66. The minimum atomic E-state index is -0.219. The Hall–Kier alpha value is -2.05.